The van der Waals surface area contributed by atoms with Gasteiger partial charge in [0, 0.05) is 24.7 Å². The third-order valence-electron chi connectivity index (χ3n) is 12.0. The summed E-state index contributed by atoms with van der Waals surface area (Å²) in [6.45, 7) is 2.33. The van der Waals surface area contributed by atoms with E-state index in [0.717, 1.165) is 5.57 Å². The van der Waals surface area contributed by atoms with Crippen LogP contribution in [-0.2, 0) is 52.7 Å². The lowest BCUT2D eigenvalue weighted by atomic mass is 9.45. The number of rotatable bonds is 20. The molecule has 2 N–H and O–H groups in total. The number of ketones is 2. The molecule has 4 aliphatic rings. The second kappa shape index (κ2) is 17.6. The first-order valence-electron chi connectivity index (χ1n) is 18.2. The van der Waals surface area contributed by atoms with Crippen LogP contribution in [0.15, 0.2) is 11.6 Å². The number of allylic oxidation sites excluding steroid dienone is 1. The Bertz CT molecular complexity index is 1530. The van der Waals surface area contributed by atoms with Gasteiger partial charge in [-0.05, 0) is 87.0 Å². The number of hydrogen-bond acceptors (Lipinski definition) is 16. The molecule has 19 nitrogen and oxygen atoms in total. The lowest BCUT2D eigenvalue weighted by Gasteiger charge is -2.60. The van der Waals surface area contributed by atoms with Gasteiger partial charge in [-0.25, -0.2) is 4.79 Å². The molecule has 0 radical (unpaired) electrons. The average Bonchev–Trinajstić information content (AvgIpc) is 3.38. The van der Waals surface area contributed by atoms with Gasteiger partial charge >= 0.3 is 23.9 Å². The van der Waals surface area contributed by atoms with Gasteiger partial charge < -0.3 is 34.1 Å². The Morgan fingerprint density at radius 2 is 1.57 bits per heavy atom. The first kappa shape index (κ1) is 42.1. The molecule has 0 spiro atoms. The Balaban J connectivity index is 1.47. The SMILES string of the molecule is C[C@]12CCC(=O)C=C1CCC1C3CC[C@](OC(=O)CCCO[N+](=O)[O-])(C(=O)COC(=O)CC(OC(=O)CCCCCO[N+](=O)[O-])C(=O)O)[C@@]3(C)C[C@H](O)[C@@H]12. The normalized spacial score (nSPS) is 30.3. The van der Waals surface area contributed by atoms with Crippen LogP contribution in [0.1, 0.15) is 104 Å². The number of carbonyl (C=O) groups is 6. The predicted molar refractivity (Wildman–Crippen MR) is 179 cm³/mol. The van der Waals surface area contributed by atoms with Crippen LogP contribution >= 0.6 is 0 Å². The molecule has 0 bridgehead atoms. The van der Waals surface area contributed by atoms with Crippen LogP contribution in [0.2, 0.25) is 0 Å². The molecule has 0 aromatic rings. The van der Waals surface area contributed by atoms with Gasteiger partial charge in [-0.2, -0.15) is 0 Å². The molecule has 54 heavy (non-hydrogen) atoms. The molecule has 3 saturated carbocycles. The smallest absolute Gasteiger partial charge is 0.345 e. The van der Waals surface area contributed by atoms with E-state index in [2.05, 4.69) is 16.6 Å². The zero-order chi connectivity index (χ0) is 39.8. The number of aliphatic hydroxyl groups is 1. The van der Waals surface area contributed by atoms with E-state index in [0.29, 0.717) is 38.5 Å². The first-order valence-corrected chi connectivity index (χ1v) is 18.2. The maximum atomic E-state index is 14.3. The predicted octanol–water partition coefficient (Wildman–Crippen LogP) is 3.03. The number of carboxylic acids is 1. The number of nitrogens with zero attached hydrogens (tertiary/aromatic N) is 2. The van der Waals surface area contributed by atoms with E-state index < -0.39 is 88.1 Å². The summed E-state index contributed by atoms with van der Waals surface area (Å²) in [6, 6.07) is 0. The summed E-state index contributed by atoms with van der Waals surface area (Å²) < 4.78 is 16.2. The van der Waals surface area contributed by atoms with Crippen LogP contribution in [0.3, 0.4) is 0 Å². The van der Waals surface area contributed by atoms with Crippen molar-refractivity contribution in [3.8, 4) is 0 Å². The van der Waals surface area contributed by atoms with Crippen molar-refractivity contribution in [1.82, 2.24) is 0 Å². The number of aliphatic hydroxyl groups excluding tert-OH is 1. The van der Waals surface area contributed by atoms with E-state index in [1.54, 1.807) is 13.0 Å². The third-order valence-corrected chi connectivity index (χ3v) is 12.0. The van der Waals surface area contributed by atoms with Crippen LogP contribution in [-0.4, -0.2) is 93.5 Å². The first-order chi connectivity index (χ1) is 25.4. The highest BCUT2D eigenvalue weighted by Crippen LogP contribution is 2.68. The molecule has 0 amide bonds. The van der Waals surface area contributed by atoms with Crippen molar-refractivity contribution in [3.05, 3.63) is 31.9 Å². The minimum atomic E-state index is -1.94. The zero-order valence-corrected chi connectivity index (χ0v) is 30.4. The molecular weight excluding hydrogens is 720 g/mol. The van der Waals surface area contributed by atoms with Crippen molar-refractivity contribution >= 4 is 35.4 Å². The number of fused-ring (bicyclic) bond motifs is 5. The molecule has 300 valence electrons. The summed E-state index contributed by atoms with van der Waals surface area (Å²) in [5.74, 6) is -5.90. The molecule has 4 aliphatic carbocycles. The third kappa shape index (κ3) is 9.33. The number of carboxylic acid groups (broad SMARTS) is 1. The minimum Gasteiger partial charge on any atom is -0.478 e. The van der Waals surface area contributed by atoms with Gasteiger partial charge in [0.15, 0.2) is 18.0 Å². The number of unbranched alkanes of at least 4 members (excludes halogenated alkanes) is 2. The number of carbonyl (C=O) groups excluding carboxylic acids is 5. The molecule has 19 heteroatoms. The van der Waals surface area contributed by atoms with E-state index in [-0.39, 0.29) is 75.1 Å². The van der Waals surface area contributed by atoms with Gasteiger partial charge in [0.05, 0.1) is 25.7 Å². The highest BCUT2D eigenvalue weighted by atomic mass is 17.0. The van der Waals surface area contributed by atoms with Crippen LogP contribution in [0.25, 0.3) is 0 Å². The fourth-order valence-corrected chi connectivity index (χ4v) is 9.52. The van der Waals surface area contributed by atoms with Crippen LogP contribution < -0.4 is 0 Å². The van der Waals surface area contributed by atoms with Gasteiger partial charge in [-0.15, -0.1) is 20.2 Å². The number of esters is 3. The topological polar surface area (TPSA) is 275 Å². The van der Waals surface area contributed by atoms with Crippen LogP contribution in [0.4, 0.5) is 0 Å². The Kier molecular flexibility index (Phi) is 13.7. The van der Waals surface area contributed by atoms with E-state index in [1.165, 1.54) is 0 Å². The van der Waals surface area contributed by atoms with E-state index in [4.69, 9.17) is 14.2 Å². The maximum Gasteiger partial charge on any atom is 0.345 e. The van der Waals surface area contributed by atoms with Gasteiger partial charge in [0.25, 0.3) is 10.2 Å². The van der Waals surface area contributed by atoms with Gasteiger partial charge in [0.1, 0.15) is 0 Å². The summed E-state index contributed by atoms with van der Waals surface area (Å²) in [5, 5.41) is 40.3. The van der Waals surface area contributed by atoms with Gasteiger partial charge in [-0.3, -0.25) is 24.0 Å². The number of hydrogen-bond donors (Lipinski definition) is 2. The standard InChI is InChI=1S/C35H48N2O17/c1-33-13-11-22(38)17-21(33)9-10-23-24-12-14-35(34(24,2)19-25(39)31(23)33,54-29(42)8-6-16-52-37(48)49)27(40)20-50-30(43)18-26(32(44)45)53-28(41)7-4-3-5-15-51-36(46)47/h17,23-26,31,39H,3-16,18-20H2,1-2H3,(H,44,45)/t23?,24?,25-,26?,31+,33-,34-,35-/m0/s1. The summed E-state index contributed by atoms with van der Waals surface area (Å²) in [4.78, 5) is 106. The van der Waals surface area contributed by atoms with Gasteiger partial charge in [-0.1, -0.05) is 25.8 Å². The Labute approximate surface area is 310 Å². The molecule has 0 aromatic heterocycles. The molecule has 0 aromatic carbocycles. The number of aliphatic carboxylic acids is 1. The quantitative estimate of drug-likeness (QED) is 0.0592. The minimum absolute atomic E-state index is 0.0308. The molecule has 8 atom stereocenters. The van der Waals surface area contributed by atoms with E-state index in [1.807, 2.05) is 0 Å². The summed E-state index contributed by atoms with van der Waals surface area (Å²) >= 11 is 0. The van der Waals surface area contributed by atoms with E-state index in [9.17, 15) is 59.2 Å². The van der Waals surface area contributed by atoms with Crippen molar-refractivity contribution in [2.75, 3.05) is 19.8 Å². The summed E-state index contributed by atoms with van der Waals surface area (Å²) in [6.07, 6.45) is 0.738. The highest BCUT2D eigenvalue weighted by molar-refractivity contribution is 5.94. The fraction of sp³-hybridized carbons (Fsp3) is 0.771. The van der Waals surface area contributed by atoms with Crippen molar-refractivity contribution in [3.63, 3.8) is 0 Å². The fourth-order valence-electron chi connectivity index (χ4n) is 9.52. The molecule has 3 unspecified atom stereocenters. The largest absolute Gasteiger partial charge is 0.478 e. The maximum absolute atomic E-state index is 14.3. The van der Waals surface area contributed by atoms with E-state index >= 15 is 0 Å². The van der Waals surface area contributed by atoms with Crippen LogP contribution in [0, 0.1) is 48.8 Å². The summed E-state index contributed by atoms with van der Waals surface area (Å²) in [5.41, 5.74) is -2.45. The van der Waals surface area contributed by atoms with Gasteiger partial charge in [0.2, 0.25) is 11.9 Å². The lowest BCUT2D eigenvalue weighted by Crippen LogP contribution is -2.63. The zero-order valence-electron chi connectivity index (χ0n) is 30.4. The van der Waals surface area contributed by atoms with Crippen molar-refractivity contribution in [2.45, 2.75) is 122 Å². The molecule has 3 fully saturated rings. The second-order valence-electron chi connectivity index (χ2n) is 15.0. The van der Waals surface area contributed by atoms with Crippen molar-refractivity contribution < 1.29 is 73.0 Å². The number of Topliss-reactive ketones (excluding diaryl/α,β-unsaturated/α-hetero) is 1. The molecule has 0 heterocycles. The summed E-state index contributed by atoms with van der Waals surface area (Å²) in [7, 11) is 0. The van der Waals surface area contributed by atoms with Crippen molar-refractivity contribution in [2.24, 2.45) is 28.6 Å². The molecule has 4 rings (SSSR count). The molecule has 0 saturated heterocycles. The Morgan fingerprint density at radius 1 is 0.907 bits per heavy atom. The second-order valence-corrected chi connectivity index (χ2v) is 15.0. The average molecular weight is 769 g/mol. The van der Waals surface area contributed by atoms with Crippen molar-refractivity contribution in [1.29, 1.82) is 0 Å². The Morgan fingerprint density at radius 3 is 2.24 bits per heavy atom. The molecule has 0 aliphatic heterocycles. The Hall–Kier alpha value is -4.68. The number of ether oxygens (including phenoxy) is 3. The monoisotopic (exact) mass is 768 g/mol. The highest BCUT2D eigenvalue weighted by Gasteiger charge is 2.70. The van der Waals surface area contributed by atoms with Crippen LogP contribution in [0.5, 0.6) is 0 Å². The lowest BCUT2D eigenvalue weighted by molar-refractivity contribution is -0.757. The molecular formula is C35H48N2O17.